The lowest BCUT2D eigenvalue weighted by Crippen LogP contribution is -2.13. The topological polar surface area (TPSA) is 42.0 Å². The monoisotopic (exact) mass is 306 g/mol. The lowest BCUT2D eigenvalue weighted by atomic mass is 9.99. The van der Waals surface area contributed by atoms with E-state index in [1.165, 1.54) is 16.7 Å². The van der Waals surface area contributed by atoms with E-state index < -0.39 is 0 Å². The van der Waals surface area contributed by atoms with Gasteiger partial charge in [-0.3, -0.25) is 4.79 Å². The molecule has 0 amide bonds. The summed E-state index contributed by atoms with van der Waals surface area (Å²) in [7, 11) is 0. The number of carbonyl (C=O) groups is 1. The van der Waals surface area contributed by atoms with Gasteiger partial charge in [-0.2, -0.15) is 0 Å². The number of carbonyl (C=O) groups excluding carboxylic acids is 1. The Morgan fingerprint density at radius 2 is 1.91 bits per heavy atom. The highest BCUT2D eigenvalue weighted by molar-refractivity contribution is 6.02. The molecule has 1 aliphatic rings. The molecule has 0 bridgehead atoms. The Kier molecular flexibility index (Phi) is 4.56. The second-order valence-electron chi connectivity index (χ2n) is 6.21. The van der Waals surface area contributed by atoms with Crippen LogP contribution >= 0.6 is 0 Å². The van der Waals surface area contributed by atoms with Gasteiger partial charge in [0.05, 0.1) is 5.70 Å². The predicted molar refractivity (Wildman–Crippen MR) is 93.2 cm³/mol. The first-order valence-corrected chi connectivity index (χ1v) is 8.14. The zero-order valence-corrected chi connectivity index (χ0v) is 13.7. The van der Waals surface area contributed by atoms with E-state index in [0.717, 1.165) is 30.8 Å². The Bertz CT molecular complexity index is 734. The molecule has 118 valence electrons. The highest BCUT2D eigenvalue weighted by Gasteiger charge is 2.29. The molecule has 1 aromatic heterocycles. The fraction of sp³-hybridized carbons (Fsp3) is 0.300. The molecule has 1 aliphatic carbocycles. The molecule has 3 rings (SSSR count). The van der Waals surface area contributed by atoms with Crippen LogP contribution in [0, 0.1) is 12.8 Å². The van der Waals surface area contributed by atoms with E-state index in [4.69, 9.17) is 0 Å². The van der Waals surface area contributed by atoms with Gasteiger partial charge in [0.2, 0.25) is 0 Å². The molecule has 3 heteroatoms. The van der Waals surface area contributed by atoms with Crippen molar-refractivity contribution in [1.29, 1.82) is 0 Å². The average molecular weight is 306 g/mol. The van der Waals surface area contributed by atoms with E-state index in [1.54, 1.807) is 6.20 Å². The molecule has 3 nitrogen and oxygen atoms in total. The fourth-order valence-corrected chi connectivity index (χ4v) is 3.10. The number of hydrogen-bond donors (Lipinski definition) is 1. The number of nitrogens with zero attached hydrogens (tertiary/aromatic N) is 1. The summed E-state index contributed by atoms with van der Waals surface area (Å²) in [6.07, 6.45) is 4.46. The van der Waals surface area contributed by atoms with Gasteiger partial charge in [0, 0.05) is 12.1 Å². The minimum Gasteiger partial charge on any atom is -0.337 e. The summed E-state index contributed by atoms with van der Waals surface area (Å²) >= 11 is 0. The normalized spacial score (nSPS) is 17.7. The van der Waals surface area contributed by atoms with Crippen molar-refractivity contribution < 1.29 is 4.79 Å². The van der Waals surface area contributed by atoms with E-state index >= 15 is 0 Å². The van der Waals surface area contributed by atoms with Crippen LogP contribution in [0.5, 0.6) is 0 Å². The van der Waals surface area contributed by atoms with Crippen molar-refractivity contribution in [2.75, 3.05) is 5.32 Å². The minimum absolute atomic E-state index is 0.0630. The molecule has 1 atom stereocenters. The Morgan fingerprint density at radius 3 is 2.65 bits per heavy atom. The molecule has 2 aromatic rings. The Morgan fingerprint density at radius 1 is 1.13 bits per heavy atom. The van der Waals surface area contributed by atoms with Crippen LogP contribution in [0.4, 0.5) is 5.82 Å². The van der Waals surface area contributed by atoms with Crippen molar-refractivity contribution in [2.24, 2.45) is 5.92 Å². The van der Waals surface area contributed by atoms with Crippen LogP contribution in [0.3, 0.4) is 0 Å². The van der Waals surface area contributed by atoms with Crippen LogP contribution in [-0.4, -0.2) is 10.8 Å². The highest BCUT2D eigenvalue weighted by atomic mass is 16.1. The molecule has 0 aliphatic heterocycles. The Labute approximate surface area is 137 Å². The molecule has 1 aromatic carbocycles. The van der Waals surface area contributed by atoms with Gasteiger partial charge in [0.15, 0.2) is 5.78 Å². The third-order valence-electron chi connectivity index (χ3n) is 4.48. The SMILES string of the molecule is Cc1ccccc1CCC1=C(Nc2ccccn2)C(=O)C(C)C1. The molecule has 23 heavy (non-hydrogen) atoms. The van der Waals surface area contributed by atoms with Crippen LogP contribution < -0.4 is 5.32 Å². The zero-order valence-electron chi connectivity index (χ0n) is 13.7. The molecule has 0 fully saturated rings. The van der Waals surface area contributed by atoms with E-state index in [2.05, 4.69) is 41.5 Å². The second kappa shape index (κ2) is 6.78. The molecular weight excluding hydrogens is 284 g/mol. The van der Waals surface area contributed by atoms with Crippen LogP contribution in [0.2, 0.25) is 0 Å². The maximum absolute atomic E-state index is 12.5. The van der Waals surface area contributed by atoms with E-state index in [1.807, 2.05) is 25.1 Å². The maximum atomic E-state index is 12.5. The van der Waals surface area contributed by atoms with E-state index in [0.29, 0.717) is 0 Å². The number of anilines is 1. The second-order valence-corrected chi connectivity index (χ2v) is 6.21. The maximum Gasteiger partial charge on any atom is 0.182 e. The molecule has 0 spiro atoms. The summed E-state index contributed by atoms with van der Waals surface area (Å²) in [6, 6.07) is 14.1. The minimum atomic E-state index is 0.0630. The third-order valence-corrected chi connectivity index (χ3v) is 4.48. The van der Waals surface area contributed by atoms with Crippen molar-refractivity contribution in [3.05, 3.63) is 71.1 Å². The lowest BCUT2D eigenvalue weighted by molar-refractivity contribution is -0.117. The first kappa shape index (κ1) is 15.5. The van der Waals surface area contributed by atoms with E-state index in [9.17, 15) is 4.79 Å². The number of Topliss-reactive ketones (excluding diaryl/α,β-unsaturated/α-hetero) is 1. The van der Waals surface area contributed by atoms with Gasteiger partial charge in [0.25, 0.3) is 0 Å². The van der Waals surface area contributed by atoms with Gasteiger partial charge in [-0.15, -0.1) is 0 Å². The number of benzene rings is 1. The van der Waals surface area contributed by atoms with Crippen molar-refractivity contribution in [2.45, 2.75) is 33.1 Å². The average Bonchev–Trinajstić information content (AvgIpc) is 2.83. The van der Waals surface area contributed by atoms with Crippen molar-refractivity contribution in [3.8, 4) is 0 Å². The van der Waals surface area contributed by atoms with Crippen molar-refractivity contribution in [3.63, 3.8) is 0 Å². The molecule has 1 N–H and O–H groups in total. The standard InChI is InChI=1S/C20H22N2O/c1-14-7-3-4-8-16(14)10-11-17-13-15(2)20(23)19(17)22-18-9-5-6-12-21-18/h3-9,12,15H,10-11,13H2,1-2H3,(H,21,22). The van der Waals surface area contributed by atoms with Crippen LogP contribution in [-0.2, 0) is 11.2 Å². The quantitative estimate of drug-likeness (QED) is 0.895. The number of ketones is 1. The molecular formula is C20H22N2O. The molecule has 1 unspecified atom stereocenters. The smallest absolute Gasteiger partial charge is 0.182 e. The summed E-state index contributed by atoms with van der Waals surface area (Å²) < 4.78 is 0. The summed E-state index contributed by atoms with van der Waals surface area (Å²) in [5, 5.41) is 3.24. The number of allylic oxidation sites excluding steroid dienone is 2. The lowest BCUT2D eigenvalue weighted by Gasteiger charge is -2.10. The molecule has 0 saturated heterocycles. The summed E-state index contributed by atoms with van der Waals surface area (Å²) in [5.41, 5.74) is 4.63. The van der Waals surface area contributed by atoms with Crippen molar-refractivity contribution in [1.82, 2.24) is 4.98 Å². The van der Waals surface area contributed by atoms with E-state index in [-0.39, 0.29) is 11.7 Å². The summed E-state index contributed by atoms with van der Waals surface area (Å²) in [6.45, 7) is 4.14. The first-order chi connectivity index (χ1) is 11.1. The van der Waals surface area contributed by atoms with Gasteiger partial charge >= 0.3 is 0 Å². The number of rotatable bonds is 5. The number of hydrogen-bond acceptors (Lipinski definition) is 3. The predicted octanol–water partition coefficient (Wildman–Crippen LogP) is 4.30. The number of aryl methyl sites for hydroxylation is 2. The first-order valence-electron chi connectivity index (χ1n) is 8.14. The Hall–Kier alpha value is -2.42. The largest absolute Gasteiger partial charge is 0.337 e. The van der Waals surface area contributed by atoms with Crippen molar-refractivity contribution >= 4 is 11.6 Å². The zero-order chi connectivity index (χ0) is 16.2. The van der Waals surface area contributed by atoms with Crippen LogP contribution in [0.1, 0.15) is 30.9 Å². The van der Waals surface area contributed by atoms with Crippen LogP contribution in [0.15, 0.2) is 59.9 Å². The molecule has 0 radical (unpaired) electrons. The van der Waals surface area contributed by atoms with Gasteiger partial charge in [-0.25, -0.2) is 4.98 Å². The van der Waals surface area contributed by atoms with Crippen LogP contribution in [0.25, 0.3) is 0 Å². The number of pyridine rings is 1. The van der Waals surface area contributed by atoms with Gasteiger partial charge in [-0.05, 0) is 55.0 Å². The number of nitrogens with one attached hydrogen (secondary N) is 1. The highest BCUT2D eigenvalue weighted by Crippen LogP contribution is 2.31. The summed E-state index contributed by atoms with van der Waals surface area (Å²) in [5.74, 6) is 1.00. The van der Waals surface area contributed by atoms with Gasteiger partial charge < -0.3 is 5.32 Å². The number of aromatic nitrogens is 1. The fourth-order valence-electron chi connectivity index (χ4n) is 3.10. The molecule has 0 saturated carbocycles. The molecule has 1 heterocycles. The summed E-state index contributed by atoms with van der Waals surface area (Å²) in [4.78, 5) is 16.7. The van der Waals surface area contributed by atoms with Gasteiger partial charge in [0.1, 0.15) is 5.82 Å². The third kappa shape index (κ3) is 3.50. The Balaban J connectivity index is 1.79. The van der Waals surface area contributed by atoms with Gasteiger partial charge in [-0.1, -0.05) is 37.3 Å².